The van der Waals surface area contributed by atoms with Crippen molar-refractivity contribution in [2.24, 2.45) is 5.10 Å². The lowest BCUT2D eigenvalue weighted by molar-refractivity contribution is -0.123. The predicted octanol–water partition coefficient (Wildman–Crippen LogP) is 2.62. The molecular weight excluding hydrogens is 280 g/mol. The number of rotatable bonds is 5. The van der Waals surface area contributed by atoms with Crippen molar-refractivity contribution in [2.45, 2.75) is 13.8 Å². The molecule has 0 radical (unpaired) electrons. The SMILES string of the molecule is C/C(=N/NC(=O)COc1ccccc1C)c1ccccc1O. The number of hydrogen-bond donors (Lipinski definition) is 2. The summed E-state index contributed by atoms with van der Waals surface area (Å²) in [6.07, 6.45) is 0. The van der Waals surface area contributed by atoms with Gasteiger partial charge in [-0.1, -0.05) is 30.3 Å². The number of aromatic hydroxyl groups is 1. The predicted molar refractivity (Wildman–Crippen MR) is 85.1 cm³/mol. The number of aryl methyl sites for hydroxylation is 1. The van der Waals surface area contributed by atoms with Crippen molar-refractivity contribution in [1.29, 1.82) is 0 Å². The van der Waals surface area contributed by atoms with Crippen molar-refractivity contribution < 1.29 is 14.6 Å². The maximum absolute atomic E-state index is 11.7. The highest BCUT2D eigenvalue weighted by atomic mass is 16.5. The molecule has 0 saturated carbocycles. The van der Waals surface area contributed by atoms with Crippen molar-refractivity contribution in [3.8, 4) is 11.5 Å². The van der Waals surface area contributed by atoms with Crippen LogP contribution in [-0.2, 0) is 4.79 Å². The molecule has 114 valence electrons. The van der Waals surface area contributed by atoms with Gasteiger partial charge in [-0.15, -0.1) is 0 Å². The zero-order chi connectivity index (χ0) is 15.9. The molecular formula is C17H18N2O3. The molecule has 0 aromatic heterocycles. The minimum Gasteiger partial charge on any atom is -0.507 e. The average Bonchev–Trinajstić information content (AvgIpc) is 2.52. The fraction of sp³-hybridized carbons (Fsp3) is 0.176. The topological polar surface area (TPSA) is 70.9 Å². The van der Waals surface area contributed by atoms with Crippen LogP contribution >= 0.6 is 0 Å². The summed E-state index contributed by atoms with van der Waals surface area (Å²) in [5.74, 6) is 0.422. The molecule has 0 saturated heterocycles. The molecule has 2 N–H and O–H groups in total. The third kappa shape index (κ3) is 4.09. The van der Waals surface area contributed by atoms with E-state index in [2.05, 4.69) is 10.5 Å². The Labute approximate surface area is 129 Å². The number of para-hydroxylation sites is 2. The van der Waals surface area contributed by atoms with Gasteiger partial charge in [-0.3, -0.25) is 4.79 Å². The third-order valence-electron chi connectivity index (χ3n) is 3.09. The molecule has 0 unspecified atom stereocenters. The second-order valence-corrected chi connectivity index (χ2v) is 4.80. The molecule has 5 nitrogen and oxygen atoms in total. The second-order valence-electron chi connectivity index (χ2n) is 4.80. The molecule has 0 aliphatic rings. The average molecular weight is 298 g/mol. The Morgan fingerprint density at radius 2 is 1.86 bits per heavy atom. The van der Waals surface area contributed by atoms with Crippen LogP contribution in [0.3, 0.4) is 0 Å². The number of benzene rings is 2. The summed E-state index contributed by atoms with van der Waals surface area (Å²) in [7, 11) is 0. The van der Waals surface area contributed by atoms with Gasteiger partial charge in [0.25, 0.3) is 5.91 Å². The van der Waals surface area contributed by atoms with Gasteiger partial charge in [0, 0.05) is 5.56 Å². The van der Waals surface area contributed by atoms with Crippen LogP contribution in [0.15, 0.2) is 53.6 Å². The minimum absolute atomic E-state index is 0.120. The summed E-state index contributed by atoms with van der Waals surface area (Å²) in [4.78, 5) is 11.7. The van der Waals surface area contributed by atoms with Crippen LogP contribution in [0.5, 0.6) is 11.5 Å². The van der Waals surface area contributed by atoms with Crippen molar-refractivity contribution in [2.75, 3.05) is 6.61 Å². The summed E-state index contributed by atoms with van der Waals surface area (Å²) in [5.41, 5.74) is 4.46. The summed E-state index contributed by atoms with van der Waals surface area (Å²) in [6.45, 7) is 3.49. The van der Waals surface area contributed by atoms with E-state index in [-0.39, 0.29) is 18.3 Å². The number of nitrogens with zero attached hydrogens (tertiary/aromatic N) is 1. The van der Waals surface area contributed by atoms with Crippen LogP contribution in [0.2, 0.25) is 0 Å². The lowest BCUT2D eigenvalue weighted by Crippen LogP contribution is -2.25. The van der Waals surface area contributed by atoms with E-state index in [1.165, 1.54) is 0 Å². The van der Waals surface area contributed by atoms with E-state index in [9.17, 15) is 9.90 Å². The standard InChI is InChI=1S/C17H18N2O3/c1-12-7-3-6-10-16(12)22-11-17(21)19-18-13(2)14-8-4-5-9-15(14)20/h3-10,20H,11H2,1-2H3,(H,19,21)/b18-13-. The van der Waals surface area contributed by atoms with Crippen LogP contribution in [0, 0.1) is 6.92 Å². The second kappa shape index (κ2) is 7.26. The highest BCUT2D eigenvalue weighted by Gasteiger charge is 2.06. The van der Waals surface area contributed by atoms with Crippen LogP contribution < -0.4 is 10.2 Å². The molecule has 5 heteroatoms. The van der Waals surface area contributed by atoms with Gasteiger partial charge in [0.05, 0.1) is 5.71 Å². The van der Waals surface area contributed by atoms with E-state index < -0.39 is 0 Å². The van der Waals surface area contributed by atoms with E-state index in [0.717, 1.165) is 5.56 Å². The molecule has 0 bridgehead atoms. The number of phenolic OH excluding ortho intramolecular Hbond substituents is 1. The molecule has 2 rings (SSSR count). The molecule has 0 spiro atoms. The van der Waals surface area contributed by atoms with Crippen molar-refractivity contribution in [3.63, 3.8) is 0 Å². The van der Waals surface area contributed by atoms with E-state index >= 15 is 0 Å². The van der Waals surface area contributed by atoms with Crippen LogP contribution in [-0.4, -0.2) is 23.3 Å². The molecule has 0 fully saturated rings. The van der Waals surface area contributed by atoms with E-state index in [1.807, 2.05) is 25.1 Å². The normalized spacial score (nSPS) is 11.1. The number of phenols is 1. The zero-order valence-corrected chi connectivity index (χ0v) is 12.5. The van der Waals surface area contributed by atoms with Gasteiger partial charge >= 0.3 is 0 Å². The summed E-state index contributed by atoms with van der Waals surface area (Å²) < 4.78 is 5.43. The highest BCUT2D eigenvalue weighted by Crippen LogP contribution is 2.17. The Kier molecular flexibility index (Phi) is 5.14. The number of carbonyl (C=O) groups excluding carboxylic acids is 1. The first-order chi connectivity index (χ1) is 10.6. The van der Waals surface area contributed by atoms with Gasteiger partial charge in [0.2, 0.25) is 0 Å². The van der Waals surface area contributed by atoms with Crippen molar-refractivity contribution >= 4 is 11.6 Å². The maximum Gasteiger partial charge on any atom is 0.277 e. The molecule has 0 aliphatic heterocycles. The Morgan fingerprint density at radius 1 is 1.18 bits per heavy atom. The molecule has 0 heterocycles. The fourth-order valence-electron chi connectivity index (χ4n) is 1.88. The Balaban J connectivity index is 1.91. The number of carbonyl (C=O) groups is 1. The van der Waals surface area contributed by atoms with Gasteiger partial charge in [-0.2, -0.15) is 5.10 Å². The van der Waals surface area contributed by atoms with Crippen LogP contribution in [0.25, 0.3) is 0 Å². The lowest BCUT2D eigenvalue weighted by Gasteiger charge is -2.08. The first-order valence-electron chi connectivity index (χ1n) is 6.88. The Morgan fingerprint density at radius 3 is 2.59 bits per heavy atom. The minimum atomic E-state index is -0.363. The van der Waals surface area contributed by atoms with Gasteiger partial charge in [-0.05, 0) is 37.6 Å². The number of hydrazone groups is 1. The van der Waals surface area contributed by atoms with Crippen molar-refractivity contribution in [3.05, 3.63) is 59.7 Å². The fourth-order valence-corrected chi connectivity index (χ4v) is 1.88. The van der Waals surface area contributed by atoms with Gasteiger partial charge in [0.15, 0.2) is 6.61 Å². The van der Waals surface area contributed by atoms with E-state index in [4.69, 9.17) is 4.74 Å². The summed E-state index contributed by atoms with van der Waals surface area (Å²) in [5, 5.41) is 13.7. The number of amides is 1. The number of nitrogens with one attached hydrogen (secondary N) is 1. The lowest BCUT2D eigenvalue weighted by atomic mass is 10.1. The molecule has 0 atom stereocenters. The quantitative estimate of drug-likeness (QED) is 0.658. The highest BCUT2D eigenvalue weighted by molar-refractivity contribution is 6.01. The van der Waals surface area contributed by atoms with Crippen LogP contribution in [0.4, 0.5) is 0 Å². The first kappa shape index (κ1) is 15.6. The van der Waals surface area contributed by atoms with Crippen molar-refractivity contribution in [1.82, 2.24) is 5.43 Å². The van der Waals surface area contributed by atoms with Gasteiger partial charge < -0.3 is 9.84 Å². The van der Waals surface area contributed by atoms with Gasteiger partial charge in [0.1, 0.15) is 11.5 Å². The number of ether oxygens (including phenoxy) is 1. The third-order valence-corrected chi connectivity index (χ3v) is 3.09. The molecule has 22 heavy (non-hydrogen) atoms. The largest absolute Gasteiger partial charge is 0.507 e. The van der Waals surface area contributed by atoms with E-state index in [1.54, 1.807) is 37.3 Å². The maximum atomic E-state index is 11.7. The molecule has 0 aliphatic carbocycles. The van der Waals surface area contributed by atoms with Crippen LogP contribution in [0.1, 0.15) is 18.1 Å². The summed E-state index contributed by atoms with van der Waals surface area (Å²) in [6, 6.07) is 14.3. The Hall–Kier alpha value is -2.82. The number of hydrogen-bond acceptors (Lipinski definition) is 4. The Bertz CT molecular complexity index is 696. The first-order valence-corrected chi connectivity index (χ1v) is 6.88. The monoisotopic (exact) mass is 298 g/mol. The molecule has 1 amide bonds. The molecule has 2 aromatic carbocycles. The zero-order valence-electron chi connectivity index (χ0n) is 12.5. The molecule has 2 aromatic rings. The smallest absolute Gasteiger partial charge is 0.277 e. The van der Waals surface area contributed by atoms with E-state index in [0.29, 0.717) is 17.0 Å². The van der Waals surface area contributed by atoms with Gasteiger partial charge in [-0.25, -0.2) is 5.43 Å². The summed E-state index contributed by atoms with van der Waals surface area (Å²) >= 11 is 0.